The molecule has 0 spiro atoms. The molecule has 1 aromatic carbocycles. The van der Waals surface area contributed by atoms with Crippen molar-refractivity contribution in [3.8, 4) is 5.75 Å². The minimum Gasteiger partial charge on any atom is -0.484 e. The second-order valence-electron chi connectivity index (χ2n) is 4.86. The second kappa shape index (κ2) is 6.78. The van der Waals surface area contributed by atoms with Crippen LogP contribution in [0.5, 0.6) is 5.75 Å². The summed E-state index contributed by atoms with van der Waals surface area (Å²) in [7, 11) is 1.76. The Bertz CT molecular complexity index is 458. The van der Waals surface area contributed by atoms with Gasteiger partial charge in [0.05, 0.1) is 0 Å². The number of amides is 2. The summed E-state index contributed by atoms with van der Waals surface area (Å²) in [6.07, 6.45) is 0. The van der Waals surface area contributed by atoms with Gasteiger partial charge in [-0.1, -0.05) is 19.9 Å². The highest BCUT2D eigenvalue weighted by atomic mass is 16.5. The van der Waals surface area contributed by atoms with Crippen LogP contribution in [0.2, 0.25) is 0 Å². The maximum Gasteiger partial charge on any atom is 0.255 e. The smallest absolute Gasteiger partial charge is 0.255 e. The molecule has 0 aliphatic carbocycles. The Morgan fingerprint density at radius 2 is 2.05 bits per heavy atom. The number of primary amides is 1. The monoisotopic (exact) mass is 264 g/mol. The Morgan fingerprint density at radius 1 is 1.37 bits per heavy atom. The minimum atomic E-state index is -0.548. The van der Waals surface area contributed by atoms with Crippen LogP contribution in [0.25, 0.3) is 0 Å². The van der Waals surface area contributed by atoms with Gasteiger partial charge in [0, 0.05) is 19.2 Å². The van der Waals surface area contributed by atoms with Crippen molar-refractivity contribution < 1.29 is 14.3 Å². The third-order valence-electron chi connectivity index (χ3n) is 2.45. The fourth-order valence-electron chi connectivity index (χ4n) is 1.72. The van der Waals surface area contributed by atoms with E-state index in [1.54, 1.807) is 36.2 Å². The van der Waals surface area contributed by atoms with Gasteiger partial charge in [-0.05, 0) is 24.1 Å². The number of ether oxygens (including phenoxy) is 1. The van der Waals surface area contributed by atoms with Crippen molar-refractivity contribution in [2.24, 2.45) is 11.7 Å². The van der Waals surface area contributed by atoms with Crippen LogP contribution in [-0.4, -0.2) is 36.9 Å². The number of carbonyl (C=O) groups excluding carboxylic acids is 2. The Balaban J connectivity index is 2.75. The quantitative estimate of drug-likeness (QED) is 0.841. The van der Waals surface area contributed by atoms with Gasteiger partial charge in [-0.15, -0.1) is 0 Å². The van der Waals surface area contributed by atoms with Gasteiger partial charge in [0.1, 0.15) is 5.75 Å². The predicted octanol–water partition coefficient (Wildman–Crippen LogP) is 1.28. The lowest BCUT2D eigenvalue weighted by molar-refractivity contribution is -0.119. The summed E-state index contributed by atoms with van der Waals surface area (Å²) in [4.78, 5) is 24.5. The zero-order valence-corrected chi connectivity index (χ0v) is 11.6. The van der Waals surface area contributed by atoms with Crippen LogP contribution in [-0.2, 0) is 4.79 Å². The largest absolute Gasteiger partial charge is 0.484 e. The van der Waals surface area contributed by atoms with Gasteiger partial charge < -0.3 is 15.4 Å². The van der Waals surface area contributed by atoms with E-state index < -0.39 is 5.91 Å². The molecular formula is C14H20N2O3. The van der Waals surface area contributed by atoms with E-state index in [0.717, 1.165) is 0 Å². The topological polar surface area (TPSA) is 72.6 Å². The van der Waals surface area contributed by atoms with Crippen LogP contribution in [0.3, 0.4) is 0 Å². The fraction of sp³-hybridized carbons (Fsp3) is 0.429. The van der Waals surface area contributed by atoms with Gasteiger partial charge in [-0.25, -0.2) is 0 Å². The minimum absolute atomic E-state index is 0.0711. The SMILES string of the molecule is CC(C)CN(C)C(=O)c1cccc(OCC(N)=O)c1. The van der Waals surface area contributed by atoms with Crippen LogP contribution in [0.4, 0.5) is 0 Å². The number of hydrogen-bond donors (Lipinski definition) is 1. The Morgan fingerprint density at radius 3 is 2.63 bits per heavy atom. The summed E-state index contributed by atoms with van der Waals surface area (Å²) in [5.41, 5.74) is 5.53. The number of carbonyl (C=O) groups is 2. The molecule has 0 unspecified atom stereocenters. The number of rotatable bonds is 6. The summed E-state index contributed by atoms with van der Waals surface area (Å²) in [5, 5.41) is 0. The van der Waals surface area contributed by atoms with Gasteiger partial charge in [0.2, 0.25) is 0 Å². The molecule has 1 rings (SSSR count). The summed E-state index contributed by atoms with van der Waals surface area (Å²) < 4.78 is 5.17. The van der Waals surface area contributed by atoms with Crippen molar-refractivity contribution in [1.29, 1.82) is 0 Å². The van der Waals surface area contributed by atoms with Crippen molar-refractivity contribution in [3.05, 3.63) is 29.8 Å². The first kappa shape index (κ1) is 15.0. The first-order valence-electron chi connectivity index (χ1n) is 6.16. The molecule has 0 aromatic heterocycles. The average molecular weight is 264 g/mol. The third-order valence-corrected chi connectivity index (χ3v) is 2.45. The lowest BCUT2D eigenvalue weighted by atomic mass is 10.1. The van der Waals surface area contributed by atoms with E-state index in [-0.39, 0.29) is 12.5 Å². The van der Waals surface area contributed by atoms with Crippen LogP contribution in [0, 0.1) is 5.92 Å². The van der Waals surface area contributed by atoms with Crippen LogP contribution in [0.15, 0.2) is 24.3 Å². The Labute approximate surface area is 113 Å². The van der Waals surface area contributed by atoms with Crippen molar-refractivity contribution >= 4 is 11.8 Å². The zero-order valence-electron chi connectivity index (χ0n) is 11.6. The van der Waals surface area contributed by atoms with Crippen LogP contribution in [0.1, 0.15) is 24.2 Å². The molecule has 0 saturated heterocycles. The van der Waals surface area contributed by atoms with E-state index in [9.17, 15) is 9.59 Å². The second-order valence-corrected chi connectivity index (χ2v) is 4.86. The molecular weight excluding hydrogens is 244 g/mol. The van der Waals surface area contributed by atoms with Crippen molar-refractivity contribution in [2.75, 3.05) is 20.2 Å². The van der Waals surface area contributed by atoms with Crippen LogP contribution < -0.4 is 10.5 Å². The molecule has 5 nitrogen and oxygen atoms in total. The molecule has 0 aliphatic heterocycles. The van der Waals surface area contributed by atoms with E-state index >= 15 is 0 Å². The fourth-order valence-corrected chi connectivity index (χ4v) is 1.72. The maximum absolute atomic E-state index is 12.1. The molecule has 104 valence electrons. The lowest BCUT2D eigenvalue weighted by Gasteiger charge is -2.19. The van der Waals surface area contributed by atoms with E-state index in [0.29, 0.717) is 23.8 Å². The molecule has 0 bridgehead atoms. The summed E-state index contributed by atoms with van der Waals surface area (Å²) in [6.45, 7) is 4.59. The summed E-state index contributed by atoms with van der Waals surface area (Å²) in [6, 6.07) is 6.73. The lowest BCUT2D eigenvalue weighted by Crippen LogP contribution is -2.30. The molecule has 0 aliphatic rings. The van der Waals surface area contributed by atoms with E-state index in [2.05, 4.69) is 13.8 Å². The van der Waals surface area contributed by atoms with Crippen molar-refractivity contribution in [2.45, 2.75) is 13.8 Å². The highest BCUT2D eigenvalue weighted by Gasteiger charge is 2.13. The number of nitrogens with two attached hydrogens (primary N) is 1. The van der Waals surface area contributed by atoms with Crippen molar-refractivity contribution in [3.63, 3.8) is 0 Å². The average Bonchev–Trinajstić information content (AvgIpc) is 2.35. The molecule has 0 heterocycles. The van der Waals surface area contributed by atoms with Gasteiger partial charge in [-0.3, -0.25) is 9.59 Å². The normalized spacial score (nSPS) is 10.3. The molecule has 19 heavy (non-hydrogen) atoms. The van der Waals surface area contributed by atoms with E-state index in [4.69, 9.17) is 10.5 Å². The van der Waals surface area contributed by atoms with Gasteiger partial charge in [0.15, 0.2) is 6.61 Å². The first-order valence-corrected chi connectivity index (χ1v) is 6.16. The van der Waals surface area contributed by atoms with E-state index in [1.165, 1.54) is 0 Å². The van der Waals surface area contributed by atoms with Gasteiger partial charge >= 0.3 is 0 Å². The van der Waals surface area contributed by atoms with Crippen LogP contribution >= 0.6 is 0 Å². The number of hydrogen-bond acceptors (Lipinski definition) is 3. The first-order chi connectivity index (χ1) is 8.90. The molecule has 0 radical (unpaired) electrons. The molecule has 1 aromatic rings. The third kappa shape index (κ3) is 4.99. The molecule has 2 amide bonds. The van der Waals surface area contributed by atoms with Gasteiger partial charge in [-0.2, -0.15) is 0 Å². The molecule has 5 heteroatoms. The predicted molar refractivity (Wildman–Crippen MR) is 72.9 cm³/mol. The standard InChI is InChI=1S/C14H20N2O3/c1-10(2)8-16(3)14(18)11-5-4-6-12(7-11)19-9-13(15)17/h4-7,10H,8-9H2,1-3H3,(H2,15,17). The summed E-state index contributed by atoms with van der Waals surface area (Å²) in [5.74, 6) is 0.248. The molecule has 0 atom stereocenters. The zero-order chi connectivity index (χ0) is 14.4. The highest BCUT2D eigenvalue weighted by molar-refractivity contribution is 5.94. The Kier molecular flexibility index (Phi) is 5.36. The Hall–Kier alpha value is -2.04. The van der Waals surface area contributed by atoms with Crippen molar-refractivity contribution in [1.82, 2.24) is 4.90 Å². The molecule has 0 saturated carbocycles. The van der Waals surface area contributed by atoms with E-state index in [1.807, 2.05) is 0 Å². The maximum atomic E-state index is 12.1. The molecule has 0 fully saturated rings. The number of nitrogens with zero attached hydrogens (tertiary/aromatic N) is 1. The highest BCUT2D eigenvalue weighted by Crippen LogP contribution is 2.15. The van der Waals surface area contributed by atoms with Gasteiger partial charge in [0.25, 0.3) is 11.8 Å². The number of benzene rings is 1. The summed E-state index contributed by atoms with van der Waals surface area (Å²) >= 11 is 0. The molecule has 2 N–H and O–H groups in total.